The van der Waals surface area contributed by atoms with Crippen LogP contribution < -0.4 is 4.90 Å². The first-order valence-corrected chi connectivity index (χ1v) is 10.1. The van der Waals surface area contributed by atoms with Gasteiger partial charge in [-0.1, -0.05) is 48.5 Å². The molecule has 1 saturated heterocycles. The second kappa shape index (κ2) is 8.79. The van der Waals surface area contributed by atoms with Gasteiger partial charge < -0.3 is 14.4 Å². The number of aromatic nitrogens is 1. The van der Waals surface area contributed by atoms with Crippen LogP contribution in [0.15, 0.2) is 79.0 Å². The van der Waals surface area contributed by atoms with Gasteiger partial charge >= 0.3 is 0 Å². The average molecular weight is 374 g/mol. The van der Waals surface area contributed by atoms with Gasteiger partial charge in [-0.05, 0) is 42.7 Å². The van der Waals surface area contributed by atoms with Crippen LogP contribution in [0, 0.1) is 0 Å². The summed E-state index contributed by atoms with van der Waals surface area (Å²) in [5.74, 6) is 0.146. The van der Waals surface area contributed by atoms with Crippen LogP contribution in [0.2, 0.25) is 0 Å². The molecule has 0 unspecified atom stereocenters. The van der Waals surface area contributed by atoms with Gasteiger partial charge in [-0.2, -0.15) is 0 Å². The molecule has 0 bridgehead atoms. The fraction of sp³-hybridized carbons (Fsp3) is 0.292. The van der Waals surface area contributed by atoms with Crippen LogP contribution in [0.25, 0.3) is 0 Å². The molecule has 4 rings (SSSR count). The Kier molecular flexibility index (Phi) is 5.76. The number of anilines is 1. The summed E-state index contributed by atoms with van der Waals surface area (Å²) >= 11 is 0. The van der Waals surface area contributed by atoms with Crippen molar-refractivity contribution in [2.75, 3.05) is 31.1 Å². The SMILES string of the molecule is O=C(c1cccn1CCc1ccccc1)N1CCCN(c2ccccc2)CC1. The molecule has 1 aliphatic heterocycles. The highest BCUT2D eigenvalue weighted by Gasteiger charge is 2.22. The maximum Gasteiger partial charge on any atom is 0.270 e. The third-order valence-electron chi connectivity index (χ3n) is 5.44. The number of carbonyl (C=O) groups excluding carboxylic acids is 1. The molecular weight excluding hydrogens is 346 g/mol. The first kappa shape index (κ1) is 18.4. The van der Waals surface area contributed by atoms with Crippen LogP contribution in [-0.4, -0.2) is 41.6 Å². The second-order valence-corrected chi connectivity index (χ2v) is 7.29. The van der Waals surface area contributed by atoms with Crippen LogP contribution in [0.5, 0.6) is 0 Å². The molecule has 2 heterocycles. The Morgan fingerprint density at radius 3 is 2.32 bits per heavy atom. The minimum Gasteiger partial charge on any atom is -0.370 e. The Hall–Kier alpha value is -3.01. The summed E-state index contributed by atoms with van der Waals surface area (Å²) in [6.07, 6.45) is 3.94. The van der Waals surface area contributed by atoms with Crippen molar-refractivity contribution in [2.45, 2.75) is 19.4 Å². The normalized spacial score (nSPS) is 14.7. The van der Waals surface area contributed by atoms with Crippen LogP contribution in [0.4, 0.5) is 5.69 Å². The largest absolute Gasteiger partial charge is 0.370 e. The van der Waals surface area contributed by atoms with E-state index in [1.165, 1.54) is 11.3 Å². The molecule has 1 amide bonds. The molecule has 4 nitrogen and oxygen atoms in total. The van der Waals surface area contributed by atoms with E-state index in [2.05, 4.69) is 58.0 Å². The fourth-order valence-electron chi connectivity index (χ4n) is 3.88. The third-order valence-corrected chi connectivity index (χ3v) is 5.44. The van der Waals surface area contributed by atoms with Gasteiger partial charge in [0.2, 0.25) is 0 Å². The Balaban J connectivity index is 1.40. The number of hydrogen-bond donors (Lipinski definition) is 0. The van der Waals surface area contributed by atoms with Crippen molar-refractivity contribution >= 4 is 11.6 Å². The van der Waals surface area contributed by atoms with E-state index in [1.54, 1.807) is 0 Å². The zero-order valence-corrected chi connectivity index (χ0v) is 16.2. The van der Waals surface area contributed by atoms with E-state index >= 15 is 0 Å². The smallest absolute Gasteiger partial charge is 0.270 e. The number of amides is 1. The predicted octanol–water partition coefficient (Wildman–Crippen LogP) is 4.08. The topological polar surface area (TPSA) is 28.5 Å². The Bertz CT molecular complexity index is 888. The number of benzene rings is 2. The van der Waals surface area contributed by atoms with Gasteiger partial charge in [0.25, 0.3) is 5.91 Å². The lowest BCUT2D eigenvalue weighted by Crippen LogP contribution is -2.36. The van der Waals surface area contributed by atoms with E-state index in [0.717, 1.165) is 51.3 Å². The molecule has 0 aliphatic carbocycles. The Morgan fingerprint density at radius 1 is 0.786 bits per heavy atom. The lowest BCUT2D eigenvalue weighted by atomic mass is 10.1. The quantitative estimate of drug-likeness (QED) is 0.674. The minimum atomic E-state index is 0.146. The second-order valence-electron chi connectivity index (χ2n) is 7.29. The maximum atomic E-state index is 13.2. The summed E-state index contributed by atoms with van der Waals surface area (Å²) in [4.78, 5) is 17.6. The summed E-state index contributed by atoms with van der Waals surface area (Å²) in [7, 11) is 0. The lowest BCUT2D eigenvalue weighted by Gasteiger charge is -2.24. The zero-order chi connectivity index (χ0) is 19.2. The highest BCUT2D eigenvalue weighted by atomic mass is 16.2. The summed E-state index contributed by atoms with van der Waals surface area (Å²) in [5, 5.41) is 0. The summed E-state index contributed by atoms with van der Waals surface area (Å²) in [6, 6.07) is 24.8. The lowest BCUT2D eigenvalue weighted by molar-refractivity contribution is 0.0756. The monoisotopic (exact) mass is 373 g/mol. The first-order chi connectivity index (χ1) is 13.8. The molecule has 0 atom stereocenters. The summed E-state index contributed by atoms with van der Waals surface area (Å²) in [5.41, 5.74) is 3.33. The molecular formula is C24H27N3O. The molecule has 3 aromatic rings. The molecule has 2 aromatic carbocycles. The highest BCUT2D eigenvalue weighted by molar-refractivity contribution is 5.92. The van der Waals surface area contributed by atoms with Crippen LogP contribution >= 0.6 is 0 Å². The minimum absolute atomic E-state index is 0.146. The molecule has 1 fully saturated rings. The molecule has 144 valence electrons. The van der Waals surface area contributed by atoms with Gasteiger partial charge in [0, 0.05) is 44.6 Å². The van der Waals surface area contributed by atoms with E-state index in [0.29, 0.717) is 0 Å². The van der Waals surface area contributed by atoms with Crippen LogP contribution in [0.1, 0.15) is 22.5 Å². The first-order valence-electron chi connectivity index (χ1n) is 10.1. The van der Waals surface area contributed by atoms with E-state index in [9.17, 15) is 4.79 Å². The zero-order valence-electron chi connectivity index (χ0n) is 16.2. The number of rotatable bonds is 5. The van der Waals surface area contributed by atoms with Gasteiger partial charge in [-0.15, -0.1) is 0 Å². The molecule has 4 heteroatoms. The summed E-state index contributed by atoms with van der Waals surface area (Å²) < 4.78 is 2.09. The average Bonchev–Trinajstić information content (AvgIpc) is 3.08. The van der Waals surface area contributed by atoms with Crippen molar-refractivity contribution in [3.05, 3.63) is 90.3 Å². The van der Waals surface area contributed by atoms with Crippen molar-refractivity contribution in [3.8, 4) is 0 Å². The molecule has 0 saturated carbocycles. The van der Waals surface area contributed by atoms with Crippen molar-refractivity contribution in [1.29, 1.82) is 0 Å². The Morgan fingerprint density at radius 2 is 1.54 bits per heavy atom. The predicted molar refractivity (Wildman–Crippen MR) is 114 cm³/mol. The molecule has 0 N–H and O–H groups in total. The number of carbonyl (C=O) groups is 1. The van der Waals surface area contributed by atoms with E-state index in [4.69, 9.17) is 0 Å². The number of hydrogen-bond acceptors (Lipinski definition) is 2. The van der Waals surface area contributed by atoms with Gasteiger partial charge in [0.05, 0.1) is 0 Å². The third kappa shape index (κ3) is 4.28. The van der Waals surface area contributed by atoms with Crippen molar-refractivity contribution in [3.63, 3.8) is 0 Å². The fourth-order valence-corrected chi connectivity index (χ4v) is 3.88. The van der Waals surface area contributed by atoms with Gasteiger partial charge in [0.15, 0.2) is 0 Å². The van der Waals surface area contributed by atoms with E-state index in [1.807, 2.05) is 35.4 Å². The van der Waals surface area contributed by atoms with Crippen molar-refractivity contribution in [1.82, 2.24) is 9.47 Å². The maximum absolute atomic E-state index is 13.2. The molecule has 1 aliphatic rings. The Labute approximate surface area is 167 Å². The van der Waals surface area contributed by atoms with Gasteiger partial charge in [-0.3, -0.25) is 4.79 Å². The van der Waals surface area contributed by atoms with Crippen LogP contribution in [0.3, 0.4) is 0 Å². The molecule has 28 heavy (non-hydrogen) atoms. The molecule has 0 radical (unpaired) electrons. The number of nitrogens with zero attached hydrogens (tertiary/aromatic N) is 3. The van der Waals surface area contributed by atoms with E-state index < -0.39 is 0 Å². The van der Waals surface area contributed by atoms with Crippen molar-refractivity contribution in [2.24, 2.45) is 0 Å². The van der Waals surface area contributed by atoms with Gasteiger partial charge in [-0.25, -0.2) is 0 Å². The van der Waals surface area contributed by atoms with Gasteiger partial charge in [0.1, 0.15) is 5.69 Å². The number of para-hydroxylation sites is 1. The molecule has 0 spiro atoms. The van der Waals surface area contributed by atoms with E-state index in [-0.39, 0.29) is 5.91 Å². The summed E-state index contributed by atoms with van der Waals surface area (Å²) in [6.45, 7) is 4.26. The standard InChI is InChI=1S/C24H27N3O/c28-24(23-13-7-15-26(23)18-14-21-9-3-1-4-10-21)27-17-8-16-25(19-20-27)22-11-5-2-6-12-22/h1-7,9-13,15H,8,14,16-20H2. The highest BCUT2D eigenvalue weighted by Crippen LogP contribution is 2.17. The molecule has 1 aromatic heterocycles. The van der Waals surface area contributed by atoms with Crippen molar-refractivity contribution < 1.29 is 4.79 Å². The van der Waals surface area contributed by atoms with Crippen LogP contribution in [-0.2, 0) is 13.0 Å². The number of aryl methyl sites for hydroxylation is 2.